The summed E-state index contributed by atoms with van der Waals surface area (Å²) in [5, 5.41) is 3.31. The molecule has 1 aliphatic rings. The van der Waals surface area contributed by atoms with Crippen LogP contribution >= 0.6 is 11.8 Å². The monoisotopic (exact) mass is 317 g/mol. The minimum absolute atomic E-state index is 0.0553. The van der Waals surface area contributed by atoms with Gasteiger partial charge in [-0.25, -0.2) is 13.4 Å². The lowest BCUT2D eigenvalue weighted by atomic mass is 10.2. The fraction of sp³-hybridized carbons (Fsp3) is 0.667. The molecule has 2 heterocycles. The van der Waals surface area contributed by atoms with Crippen LogP contribution in [0, 0.1) is 0 Å². The molecule has 112 valence electrons. The van der Waals surface area contributed by atoms with Crippen LogP contribution in [-0.4, -0.2) is 46.7 Å². The smallest absolute Gasteiger partial charge is 0.233 e. The molecule has 1 aromatic rings. The van der Waals surface area contributed by atoms with Crippen LogP contribution in [0.15, 0.2) is 17.6 Å². The molecule has 0 radical (unpaired) electrons. The van der Waals surface area contributed by atoms with Crippen molar-refractivity contribution in [1.29, 1.82) is 0 Å². The molecular weight excluding hydrogens is 298 g/mol. The van der Waals surface area contributed by atoms with Crippen LogP contribution in [0.2, 0.25) is 0 Å². The van der Waals surface area contributed by atoms with Crippen LogP contribution in [0.25, 0.3) is 0 Å². The van der Waals surface area contributed by atoms with E-state index in [4.69, 9.17) is 0 Å². The van der Waals surface area contributed by atoms with E-state index in [1.807, 2.05) is 17.7 Å². The van der Waals surface area contributed by atoms with E-state index < -0.39 is 9.84 Å². The Kier molecular flexibility index (Phi) is 4.74. The van der Waals surface area contributed by atoms with Gasteiger partial charge in [0.05, 0.1) is 16.8 Å². The molecule has 0 saturated carbocycles. The van der Waals surface area contributed by atoms with E-state index in [-0.39, 0.29) is 28.7 Å². The van der Waals surface area contributed by atoms with Gasteiger partial charge in [0.15, 0.2) is 15.0 Å². The van der Waals surface area contributed by atoms with Gasteiger partial charge in [0.25, 0.3) is 0 Å². The van der Waals surface area contributed by atoms with Crippen LogP contribution in [0.1, 0.15) is 20.3 Å². The molecule has 2 unspecified atom stereocenters. The molecule has 20 heavy (non-hydrogen) atoms. The zero-order valence-corrected chi connectivity index (χ0v) is 13.2. The largest absolute Gasteiger partial charge is 0.351 e. The molecule has 1 aromatic heterocycles. The van der Waals surface area contributed by atoms with Crippen LogP contribution in [-0.2, 0) is 21.2 Å². The van der Waals surface area contributed by atoms with Gasteiger partial charge in [-0.2, -0.15) is 0 Å². The molecule has 0 bridgehead atoms. The molecule has 2 rings (SSSR count). The first-order valence-electron chi connectivity index (χ1n) is 6.60. The molecule has 1 saturated heterocycles. The van der Waals surface area contributed by atoms with Gasteiger partial charge in [-0.3, -0.25) is 4.79 Å². The number of carbonyl (C=O) groups is 1. The van der Waals surface area contributed by atoms with Crippen molar-refractivity contribution < 1.29 is 13.2 Å². The molecule has 6 nitrogen and oxygen atoms in total. The lowest BCUT2D eigenvalue weighted by Gasteiger charge is -2.15. The van der Waals surface area contributed by atoms with E-state index in [0.29, 0.717) is 6.42 Å². The molecule has 2 atom stereocenters. The highest BCUT2D eigenvalue weighted by Gasteiger charge is 2.30. The van der Waals surface area contributed by atoms with Crippen molar-refractivity contribution in [2.45, 2.75) is 43.3 Å². The van der Waals surface area contributed by atoms with Crippen molar-refractivity contribution in [3.05, 3.63) is 12.4 Å². The number of imidazole rings is 1. The van der Waals surface area contributed by atoms with Crippen LogP contribution in [0.5, 0.6) is 0 Å². The average Bonchev–Trinajstić information content (AvgIpc) is 2.95. The molecular formula is C12H19N3O3S2. The molecule has 8 heteroatoms. The van der Waals surface area contributed by atoms with Gasteiger partial charge in [-0.1, -0.05) is 11.8 Å². The van der Waals surface area contributed by atoms with Gasteiger partial charge >= 0.3 is 0 Å². The summed E-state index contributed by atoms with van der Waals surface area (Å²) in [6, 6.07) is -0.249. The maximum absolute atomic E-state index is 12.1. The number of hydrogen-bond acceptors (Lipinski definition) is 5. The number of rotatable bonds is 5. The maximum Gasteiger partial charge on any atom is 0.233 e. The highest BCUT2D eigenvalue weighted by atomic mass is 32.2. The summed E-state index contributed by atoms with van der Waals surface area (Å²) in [7, 11) is -2.97. The summed E-state index contributed by atoms with van der Waals surface area (Å²) in [4.78, 5) is 16.3. The number of sulfone groups is 1. The predicted molar refractivity (Wildman–Crippen MR) is 78.4 cm³/mol. The first-order chi connectivity index (χ1) is 9.41. The van der Waals surface area contributed by atoms with Gasteiger partial charge in [0.2, 0.25) is 5.91 Å². The number of amides is 1. The third-order valence-electron chi connectivity index (χ3n) is 3.25. The average molecular weight is 317 g/mol. The lowest BCUT2D eigenvalue weighted by molar-refractivity contribution is -0.120. The van der Waals surface area contributed by atoms with E-state index in [1.54, 1.807) is 13.1 Å². The van der Waals surface area contributed by atoms with Crippen molar-refractivity contribution in [2.24, 2.45) is 0 Å². The lowest BCUT2D eigenvalue weighted by Crippen LogP contribution is -2.40. The molecule has 1 fully saturated rings. The topological polar surface area (TPSA) is 81.1 Å². The Morgan fingerprint density at radius 1 is 1.65 bits per heavy atom. The Hall–Kier alpha value is -1.02. The number of thioether (sulfide) groups is 1. The van der Waals surface area contributed by atoms with Crippen LogP contribution < -0.4 is 5.32 Å². The summed E-state index contributed by atoms with van der Waals surface area (Å²) in [6.07, 6.45) is 4.09. The fourth-order valence-corrected chi connectivity index (χ4v) is 4.71. The van der Waals surface area contributed by atoms with Crippen molar-refractivity contribution in [2.75, 3.05) is 11.5 Å². The normalized spacial score (nSPS) is 22.6. The zero-order valence-electron chi connectivity index (χ0n) is 11.6. The minimum Gasteiger partial charge on any atom is -0.351 e. The fourth-order valence-electron chi connectivity index (χ4n) is 2.09. The van der Waals surface area contributed by atoms with Gasteiger partial charge < -0.3 is 9.88 Å². The summed E-state index contributed by atoms with van der Waals surface area (Å²) in [5.74, 6) is 0.0853. The van der Waals surface area contributed by atoms with E-state index in [0.717, 1.165) is 11.7 Å². The highest BCUT2D eigenvalue weighted by Crippen LogP contribution is 2.22. The standard InChI is InChI=1S/C12H19N3O3S2/c1-3-15-6-5-13-12(15)19-9(2)11(16)14-10-4-7-20(17,18)8-10/h5-6,9-10H,3-4,7-8H2,1-2H3,(H,14,16). The second-order valence-electron chi connectivity index (χ2n) is 4.86. The highest BCUT2D eigenvalue weighted by molar-refractivity contribution is 8.00. The second kappa shape index (κ2) is 6.17. The third-order valence-corrected chi connectivity index (χ3v) is 6.13. The van der Waals surface area contributed by atoms with Crippen molar-refractivity contribution in [1.82, 2.24) is 14.9 Å². The molecule has 1 aliphatic heterocycles. The Balaban J connectivity index is 1.89. The summed E-state index contributed by atoms with van der Waals surface area (Å²) >= 11 is 1.38. The Bertz CT molecular complexity index is 583. The third kappa shape index (κ3) is 3.76. The number of hydrogen-bond donors (Lipinski definition) is 1. The number of carbonyl (C=O) groups excluding carboxylic acids is 1. The van der Waals surface area contributed by atoms with E-state index in [9.17, 15) is 13.2 Å². The van der Waals surface area contributed by atoms with E-state index in [1.165, 1.54) is 11.8 Å². The maximum atomic E-state index is 12.1. The van der Waals surface area contributed by atoms with Crippen molar-refractivity contribution in [3.63, 3.8) is 0 Å². The van der Waals surface area contributed by atoms with Crippen molar-refractivity contribution in [3.8, 4) is 0 Å². The SMILES string of the molecule is CCn1ccnc1SC(C)C(=O)NC1CCS(=O)(=O)C1. The first kappa shape index (κ1) is 15.4. The summed E-state index contributed by atoms with van der Waals surface area (Å²) in [6.45, 7) is 4.62. The molecule has 1 N–H and O–H groups in total. The minimum atomic E-state index is -2.97. The summed E-state index contributed by atoms with van der Waals surface area (Å²) < 4.78 is 24.7. The van der Waals surface area contributed by atoms with E-state index in [2.05, 4.69) is 10.3 Å². The van der Waals surface area contributed by atoms with Crippen LogP contribution in [0.4, 0.5) is 0 Å². The number of aryl methyl sites for hydroxylation is 1. The van der Waals surface area contributed by atoms with Crippen LogP contribution in [0.3, 0.4) is 0 Å². The Morgan fingerprint density at radius 3 is 3.00 bits per heavy atom. The molecule has 1 amide bonds. The van der Waals surface area contributed by atoms with Gasteiger partial charge in [0, 0.05) is 25.0 Å². The van der Waals surface area contributed by atoms with E-state index >= 15 is 0 Å². The van der Waals surface area contributed by atoms with Crippen molar-refractivity contribution >= 4 is 27.5 Å². The number of nitrogens with zero attached hydrogens (tertiary/aromatic N) is 2. The molecule has 0 aromatic carbocycles. The van der Waals surface area contributed by atoms with Gasteiger partial charge in [-0.05, 0) is 20.3 Å². The quantitative estimate of drug-likeness (QED) is 0.808. The molecule has 0 aliphatic carbocycles. The Morgan fingerprint density at radius 2 is 2.40 bits per heavy atom. The summed E-state index contributed by atoms with van der Waals surface area (Å²) in [5.41, 5.74) is 0. The second-order valence-corrected chi connectivity index (χ2v) is 8.40. The zero-order chi connectivity index (χ0) is 14.8. The Labute approximate surface area is 123 Å². The van der Waals surface area contributed by atoms with Gasteiger partial charge in [-0.15, -0.1) is 0 Å². The number of aromatic nitrogens is 2. The predicted octanol–water partition coefficient (Wildman–Crippen LogP) is 0.687. The molecule has 0 spiro atoms. The van der Waals surface area contributed by atoms with Gasteiger partial charge in [0.1, 0.15) is 0 Å². The first-order valence-corrected chi connectivity index (χ1v) is 9.30. The number of nitrogens with one attached hydrogen (secondary N) is 1.